The number of rotatable bonds is 7. The minimum Gasteiger partial charge on any atom is -0.494 e. The second-order valence-corrected chi connectivity index (χ2v) is 4.80. The van der Waals surface area contributed by atoms with E-state index in [9.17, 15) is 4.79 Å². The third-order valence-corrected chi connectivity index (χ3v) is 2.52. The van der Waals surface area contributed by atoms with Crippen molar-refractivity contribution in [1.29, 1.82) is 0 Å². The standard InChI is InChI=1S/C15H24N2O2/c1-4-11-19-14-7-5-13(6-8-14)9-10-16-15(18)17-12(2)3/h5-8,12H,4,9-11H2,1-3H3,(H2,16,17,18). The molecule has 0 unspecified atom stereocenters. The first-order valence-electron chi connectivity index (χ1n) is 6.88. The van der Waals surface area contributed by atoms with E-state index in [-0.39, 0.29) is 12.1 Å². The van der Waals surface area contributed by atoms with Crippen LogP contribution < -0.4 is 15.4 Å². The number of hydrogen-bond donors (Lipinski definition) is 2. The van der Waals surface area contributed by atoms with E-state index >= 15 is 0 Å². The topological polar surface area (TPSA) is 50.4 Å². The summed E-state index contributed by atoms with van der Waals surface area (Å²) in [6.45, 7) is 7.34. The Kier molecular flexibility index (Phi) is 6.79. The molecule has 0 heterocycles. The number of benzene rings is 1. The van der Waals surface area contributed by atoms with Crippen LogP contribution in [0.2, 0.25) is 0 Å². The van der Waals surface area contributed by atoms with Gasteiger partial charge in [-0.15, -0.1) is 0 Å². The van der Waals surface area contributed by atoms with E-state index in [2.05, 4.69) is 17.6 Å². The van der Waals surface area contributed by atoms with Crippen molar-refractivity contribution in [2.75, 3.05) is 13.2 Å². The SMILES string of the molecule is CCCOc1ccc(CCNC(=O)NC(C)C)cc1. The highest BCUT2D eigenvalue weighted by molar-refractivity contribution is 5.74. The van der Waals surface area contributed by atoms with Crippen LogP contribution in [0.4, 0.5) is 4.79 Å². The molecule has 1 rings (SSSR count). The van der Waals surface area contributed by atoms with Crippen LogP contribution in [-0.2, 0) is 6.42 Å². The molecule has 4 heteroatoms. The molecule has 106 valence electrons. The smallest absolute Gasteiger partial charge is 0.314 e. The van der Waals surface area contributed by atoms with Gasteiger partial charge in [0.2, 0.25) is 0 Å². The molecule has 0 aliphatic rings. The normalized spacial score (nSPS) is 10.3. The van der Waals surface area contributed by atoms with Crippen LogP contribution in [0.3, 0.4) is 0 Å². The number of nitrogens with one attached hydrogen (secondary N) is 2. The fourth-order valence-corrected chi connectivity index (χ4v) is 1.61. The Morgan fingerprint density at radius 2 is 1.95 bits per heavy atom. The molecule has 0 radical (unpaired) electrons. The Balaban J connectivity index is 2.28. The maximum absolute atomic E-state index is 11.4. The molecule has 0 aromatic heterocycles. The van der Waals surface area contributed by atoms with Crippen molar-refractivity contribution in [2.24, 2.45) is 0 Å². The van der Waals surface area contributed by atoms with E-state index in [1.165, 1.54) is 5.56 Å². The predicted octanol–water partition coefficient (Wildman–Crippen LogP) is 2.73. The van der Waals surface area contributed by atoms with Crippen LogP contribution in [0.25, 0.3) is 0 Å². The molecule has 0 fully saturated rings. The Morgan fingerprint density at radius 3 is 2.53 bits per heavy atom. The first-order valence-corrected chi connectivity index (χ1v) is 6.88. The van der Waals surface area contributed by atoms with E-state index < -0.39 is 0 Å². The first kappa shape index (κ1) is 15.3. The summed E-state index contributed by atoms with van der Waals surface area (Å²) >= 11 is 0. The van der Waals surface area contributed by atoms with Gasteiger partial charge < -0.3 is 15.4 Å². The Morgan fingerprint density at radius 1 is 1.26 bits per heavy atom. The lowest BCUT2D eigenvalue weighted by Gasteiger charge is -2.10. The largest absolute Gasteiger partial charge is 0.494 e. The lowest BCUT2D eigenvalue weighted by Crippen LogP contribution is -2.40. The van der Waals surface area contributed by atoms with Crippen molar-refractivity contribution in [3.63, 3.8) is 0 Å². The summed E-state index contributed by atoms with van der Waals surface area (Å²) in [6.07, 6.45) is 1.83. The summed E-state index contributed by atoms with van der Waals surface area (Å²) in [4.78, 5) is 11.4. The fraction of sp³-hybridized carbons (Fsp3) is 0.533. The van der Waals surface area contributed by atoms with Gasteiger partial charge in [0.15, 0.2) is 0 Å². The molecule has 1 aromatic rings. The summed E-state index contributed by atoms with van der Waals surface area (Å²) in [5.41, 5.74) is 1.19. The number of carbonyl (C=O) groups excluding carboxylic acids is 1. The molecule has 0 spiro atoms. The third kappa shape index (κ3) is 6.70. The van der Waals surface area contributed by atoms with Gasteiger partial charge in [0.05, 0.1) is 6.61 Å². The van der Waals surface area contributed by atoms with Crippen molar-refractivity contribution in [2.45, 2.75) is 39.7 Å². The Hall–Kier alpha value is -1.71. The van der Waals surface area contributed by atoms with E-state index in [4.69, 9.17) is 4.74 Å². The quantitative estimate of drug-likeness (QED) is 0.795. The van der Waals surface area contributed by atoms with Gasteiger partial charge in [-0.3, -0.25) is 0 Å². The molecule has 0 atom stereocenters. The summed E-state index contributed by atoms with van der Waals surface area (Å²) in [5, 5.41) is 5.62. The zero-order valence-electron chi connectivity index (χ0n) is 12.0. The van der Waals surface area contributed by atoms with Crippen molar-refractivity contribution < 1.29 is 9.53 Å². The first-order chi connectivity index (χ1) is 9.11. The minimum absolute atomic E-state index is 0.113. The summed E-state index contributed by atoms with van der Waals surface area (Å²) in [5.74, 6) is 0.899. The maximum atomic E-state index is 11.4. The zero-order chi connectivity index (χ0) is 14.1. The molecule has 19 heavy (non-hydrogen) atoms. The van der Waals surface area contributed by atoms with Crippen molar-refractivity contribution in [1.82, 2.24) is 10.6 Å². The molecule has 1 aromatic carbocycles. The van der Waals surface area contributed by atoms with Crippen molar-refractivity contribution >= 4 is 6.03 Å². The van der Waals surface area contributed by atoms with Gasteiger partial charge in [-0.2, -0.15) is 0 Å². The number of ether oxygens (including phenoxy) is 1. The molecule has 0 saturated heterocycles. The van der Waals surface area contributed by atoms with E-state index in [1.807, 2.05) is 38.1 Å². The minimum atomic E-state index is -0.113. The van der Waals surface area contributed by atoms with Gasteiger partial charge in [-0.1, -0.05) is 19.1 Å². The number of carbonyl (C=O) groups is 1. The average Bonchev–Trinajstić information content (AvgIpc) is 2.37. The number of urea groups is 1. The Bertz CT molecular complexity index is 374. The van der Waals surface area contributed by atoms with Crippen LogP contribution in [0.5, 0.6) is 5.75 Å². The number of amides is 2. The fourth-order valence-electron chi connectivity index (χ4n) is 1.61. The van der Waals surface area contributed by atoms with Gasteiger partial charge in [0.1, 0.15) is 5.75 Å². The van der Waals surface area contributed by atoms with E-state index in [0.717, 1.165) is 25.2 Å². The molecule has 4 nitrogen and oxygen atoms in total. The molecular weight excluding hydrogens is 240 g/mol. The highest BCUT2D eigenvalue weighted by Crippen LogP contribution is 2.12. The van der Waals surface area contributed by atoms with Crippen LogP contribution in [0.15, 0.2) is 24.3 Å². The summed E-state index contributed by atoms with van der Waals surface area (Å²) < 4.78 is 5.52. The highest BCUT2D eigenvalue weighted by atomic mass is 16.5. The van der Waals surface area contributed by atoms with Gasteiger partial charge in [0, 0.05) is 12.6 Å². The molecule has 0 saturated carbocycles. The van der Waals surface area contributed by atoms with E-state index in [0.29, 0.717) is 6.54 Å². The van der Waals surface area contributed by atoms with Crippen LogP contribution in [-0.4, -0.2) is 25.2 Å². The molecule has 0 aliphatic carbocycles. The second kappa shape index (κ2) is 8.40. The molecule has 2 amide bonds. The summed E-state index contributed by atoms with van der Waals surface area (Å²) in [6, 6.07) is 8.06. The van der Waals surface area contributed by atoms with Gasteiger partial charge in [-0.25, -0.2) is 4.79 Å². The summed E-state index contributed by atoms with van der Waals surface area (Å²) in [7, 11) is 0. The highest BCUT2D eigenvalue weighted by Gasteiger charge is 2.01. The molecule has 2 N–H and O–H groups in total. The zero-order valence-corrected chi connectivity index (χ0v) is 12.0. The molecule has 0 aliphatic heterocycles. The lowest BCUT2D eigenvalue weighted by atomic mass is 10.1. The lowest BCUT2D eigenvalue weighted by molar-refractivity contribution is 0.238. The Labute approximate surface area is 115 Å². The third-order valence-electron chi connectivity index (χ3n) is 2.52. The second-order valence-electron chi connectivity index (χ2n) is 4.80. The van der Waals surface area contributed by atoms with Crippen molar-refractivity contribution in [3.05, 3.63) is 29.8 Å². The van der Waals surface area contributed by atoms with E-state index in [1.54, 1.807) is 0 Å². The van der Waals surface area contributed by atoms with Crippen LogP contribution >= 0.6 is 0 Å². The van der Waals surface area contributed by atoms with Gasteiger partial charge >= 0.3 is 6.03 Å². The average molecular weight is 264 g/mol. The van der Waals surface area contributed by atoms with Crippen molar-refractivity contribution in [3.8, 4) is 5.75 Å². The number of hydrogen-bond acceptors (Lipinski definition) is 2. The predicted molar refractivity (Wildman–Crippen MR) is 77.6 cm³/mol. The monoisotopic (exact) mass is 264 g/mol. The maximum Gasteiger partial charge on any atom is 0.314 e. The van der Waals surface area contributed by atoms with Gasteiger partial charge in [-0.05, 0) is 44.4 Å². The van der Waals surface area contributed by atoms with Crippen LogP contribution in [0, 0.1) is 0 Å². The van der Waals surface area contributed by atoms with Gasteiger partial charge in [0.25, 0.3) is 0 Å². The van der Waals surface area contributed by atoms with Crippen LogP contribution in [0.1, 0.15) is 32.8 Å². The molecular formula is C15H24N2O2. The molecule has 0 bridgehead atoms.